The summed E-state index contributed by atoms with van der Waals surface area (Å²) in [4.78, 5) is 5.57. The number of thiophene rings is 1. The molecule has 0 aliphatic rings. The predicted molar refractivity (Wildman–Crippen MR) is 121 cm³/mol. The van der Waals surface area contributed by atoms with Crippen LogP contribution in [0, 0.1) is 0 Å². The van der Waals surface area contributed by atoms with Crippen LogP contribution in [0.25, 0.3) is 26.3 Å². The van der Waals surface area contributed by atoms with E-state index in [4.69, 9.17) is 19.3 Å². The highest BCUT2D eigenvalue weighted by molar-refractivity contribution is 7.22. The second kappa shape index (κ2) is 8.79. The lowest BCUT2D eigenvalue weighted by molar-refractivity contribution is 0.327. The number of hydrogen-bond acceptors (Lipinski definition) is 7. The molecule has 8 heteroatoms. The summed E-state index contributed by atoms with van der Waals surface area (Å²) in [5.74, 6) is 2.75. The van der Waals surface area contributed by atoms with E-state index in [0.29, 0.717) is 17.2 Å². The first-order valence-electron chi connectivity index (χ1n) is 10.0. The topological polar surface area (TPSA) is 69.9 Å². The molecule has 3 aromatic heterocycles. The minimum atomic E-state index is 0.593. The molecule has 0 saturated carbocycles. The number of unbranched alkanes of at least 4 members (excludes halogenated alkanes) is 2. The van der Waals surface area contributed by atoms with Gasteiger partial charge in [-0.3, -0.25) is 0 Å². The maximum Gasteiger partial charge on any atom is 0.204 e. The molecule has 0 saturated heterocycles. The van der Waals surface area contributed by atoms with Crippen LogP contribution in [0.4, 0.5) is 5.82 Å². The molecular formula is C22H26N4O3S. The summed E-state index contributed by atoms with van der Waals surface area (Å²) in [7, 11) is 4.88. The SMILES string of the molecule is CCCCCNc1ccc2ncc(-c3cc4cc(OC)c(OC)c(OC)c4s3)n2n1. The summed E-state index contributed by atoms with van der Waals surface area (Å²) >= 11 is 1.62. The summed E-state index contributed by atoms with van der Waals surface area (Å²) in [6.07, 6.45) is 5.40. The zero-order chi connectivity index (χ0) is 21.1. The first-order chi connectivity index (χ1) is 14.7. The fraction of sp³-hybridized carbons (Fsp3) is 0.364. The normalized spacial score (nSPS) is 11.2. The van der Waals surface area contributed by atoms with Crippen molar-refractivity contribution in [1.82, 2.24) is 14.6 Å². The van der Waals surface area contributed by atoms with Gasteiger partial charge in [-0.2, -0.15) is 0 Å². The number of anilines is 1. The average Bonchev–Trinajstić information content (AvgIpc) is 3.38. The summed E-state index contributed by atoms with van der Waals surface area (Å²) in [5.41, 5.74) is 1.74. The summed E-state index contributed by atoms with van der Waals surface area (Å²) in [6, 6.07) is 8.03. The molecule has 30 heavy (non-hydrogen) atoms. The van der Waals surface area contributed by atoms with Gasteiger partial charge in [0.15, 0.2) is 17.1 Å². The zero-order valence-corrected chi connectivity index (χ0v) is 18.5. The molecule has 0 amide bonds. The molecule has 1 aromatic carbocycles. The Morgan fingerprint density at radius 3 is 2.60 bits per heavy atom. The number of methoxy groups -OCH3 is 3. The number of fused-ring (bicyclic) bond motifs is 2. The smallest absolute Gasteiger partial charge is 0.204 e. The number of rotatable bonds is 9. The van der Waals surface area contributed by atoms with Crippen molar-refractivity contribution in [3.05, 3.63) is 30.5 Å². The van der Waals surface area contributed by atoms with Gasteiger partial charge in [-0.05, 0) is 30.7 Å². The molecular weight excluding hydrogens is 400 g/mol. The Bertz CT molecular complexity index is 1170. The highest BCUT2D eigenvalue weighted by Crippen LogP contribution is 2.48. The summed E-state index contributed by atoms with van der Waals surface area (Å²) in [5, 5.41) is 9.19. The van der Waals surface area contributed by atoms with Crippen LogP contribution in [0.5, 0.6) is 17.2 Å². The van der Waals surface area contributed by atoms with Crippen LogP contribution < -0.4 is 19.5 Å². The van der Waals surface area contributed by atoms with Crippen molar-refractivity contribution in [2.75, 3.05) is 33.2 Å². The van der Waals surface area contributed by atoms with Crippen molar-refractivity contribution in [3.8, 4) is 27.8 Å². The van der Waals surface area contributed by atoms with Crippen molar-refractivity contribution < 1.29 is 14.2 Å². The van der Waals surface area contributed by atoms with Gasteiger partial charge in [-0.25, -0.2) is 9.50 Å². The van der Waals surface area contributed by atoms with Gasteiger partial charge in [-0.15, -0.1) is 16.4 Å². The number of nitrogens with zero attached hydrogens (tertiary/aromatic N) is 3. The van der Waals surface area contributed by atoms with Crippen LogP contribution in [0.1, 0.15) is 26.2 Å². The van der Waals surface area contributed by atoms with Crippen LogP contribution in [-0.2, 0) is 0 Å². The molecule has 0 atom stereocenters. The predicted octanol–water partition coefficient (Wildman–Crippen LogP) is 5.24. The third kappa shape index (κ3) is 3.63. The van der Waals surface area contributed by atoms with Gasteiger partial charge < -0.3 is 19.5 Å². The van der Waals surface area contributed by atoms with Crippen molar-refractivity contribution in [2.45, 2.75) is 26.2 Å². The Hall–Kier alpha value is -3.00. The lowest BCUT2D eigenvalue weighted by atomic mass is 10.2. The number of nitrogens with one attached hydrogen (secondary N) is 1. The third-order valence-electron chi connectivity index (χ3n) is 5.01. The number of aromatic nitrogens is 3. The number of benzene rings is 1. The molecule has 0 spiro atoms. The fourth-order valence-corrected chi connectivity index (χ4v) is 4.65. The Morgan fingerprint density at radius 1 is 1.03 bits per heavy atom. The molecule has 0 aliphatic heterocycles. The average molecular weight is 427 g/mol. The van der Waals surface area contributed by atoms with Gasteiger partial charge >= 0.3 is 0 Å². The molecule has 3 heterocycles. The molecule has 0 bridgehead atoms. The third-order valence-corrected chi connectivity index (χ3v) is 6.19. The molecule has 0 radical (unpaired) electrons. The minimum absolute atomic E-state index is 0.593. The van der Waals surface area contributed by atoms with Gasteiger partial charge in [-0.1, -0.05) is 19.8 Å². The molecule has 0 fully saturated rings. The largest absolute Gasteiger partial charge is 0.493 e. The van der Waals surface area contributed by atoms with E-state index in [0.717, 1.165) is 45.1 Å². The van der Waals surface area contributed by atoms with E-state index in [1.807, 2.05) is 28.9 Å². The number of hydrogen-bond donors (Lipinski definition) is 1. The molecule has 158 valence electrons. The molecule has 4 aromatic rings. The van der Waals surface area contributed by atoms with Gasteiger partial charge in [0.1, 0.15) is 11.5 Å². The van der Waals surface area contributed by atoms with E-state index in [9.17, 15) is 0 Å². The second-order valence-electron chi connectivity index (χ2n) is 6.94. The Morgan fingerprint density at radius 2 is 1.87 bits per heavy atom. The summed E-state index contributed by atoms with van der Waals surface area (Å²) in [6.45, 7) is 3.11. The van der Waals surface area contributed by atoms with Gasteiger partial charge in [0, 0.05) is 11.9 Å². The van der Waals surface area contributed by atoms with E-state index in [-0.39, 0.29) is 0 Å². The van der Waals surface area contributed by atoms with E-state index < -0.39 is 0 Å². The Kier molecular flexibility index (Phi) is 5.94. The Balaban J connectivity index is 1.76. The molecule has 1 N–H and O–H groups in total. The van der Waals surface area contributed by atoms with Gasteiger partial charge in [0.2, 0.25) is 5.75 Å². The van der Waals surface area contributed by atoms with Crippen molar-refractivity contribution >= 4 is 32.9 Å². The lowest BCUT2D eigenvalue weighted by Crippen LogP contribution is -2.05. The second-order valence-corrected chi connectivity index (χ2v) is 7.99. The van der Waals surface area contributed by atoms with Crippen LogP contribution in [0.2, 0.25) is 0 Å². The first-order valence-corrected chi connectivity index (χ1v) is 10.8. The van der Waals surface area contributed by atoms with Crippen LogP contribution >= 0.6 is 11.3 Å². The first kappa shape index (κ1) is 20.3. The van der Waals surface area contributed by atoms with E-state index in [2.05, 4.69) is 23.3 Å². The van der Waals surface area contributed by atoms with Gasteiger partial charge in [0.25, 0.3) is 0 Å². The maximum atomic E-state index is 5.65. The number of imidazole rings is 1. The quantitative estimate of drug-likeness (QED) is 0.369. The van der Waals surface area contributed by atoms with Crippen molar-refractivity contribution in [3.63, 3.8) is 0 Å². The lowest BCUT2D eigenvalue weighted by Gasteiger charge is -2.12. The van der Waals surface area contributed by atoms with Crippen LogP contribution in [0.15, 0.2) is 30.5 Å². The minimum Gasteiger partial charge on any atom is -0.493 e. The molecule has 0 unspecified atom stereocenters. The monoisotopic (exact) mass is 426 g/mol. The van der Waals surface area contributed by atoms with Gasteiger partial charge in [0.05, 0.1) is 37.1 Å². The zero-order valence-electron chi connectivity index (χ0n) is 17.7. The standard InChI is InChI=1S/C22H26N4O3S/c1-5-6-7-10-23-18-8-9-19-24-13-15(26(19)25-18)17-12-14-11-16(27-2)20(28-3)21(29-4)22(14)30-17/h8-9,11-13H,5-7,10H2,1-4H3,(H,23,25). The van der Waals surface area contributed by atoms with Crippen molar-refractivity contribution in [2.24, 2.45) is 0 Å². The molecule has 0 aliphatic carbocycles. The highest BCUT2D eigenvalue weighted by atomic mass is 32.1. The van der Waals surface area contributed by atoms with Crippen molar-refractivity contribution in [1.29, 1.82) is 0 Å². The van der Waals surface area contributed by atoms with E-state index in [1.165, 1.54) is 12.8 Å². The van der Waals surface area contributed by atoms with Crippen LogP contribution in [-0.4, -0.2) is 42.5 Å². The van der Waals surface area contributed by atoms with E-state index >= 15 is 0 Å². The fourth-order valence-electron chi connectivity index (χ4n) is 3.50. The number of ether oxygens (including phenoxy) is 3. The maximum absolute atomic E-state index is 5.65. The van der Waals surface area contributed by atoms with E-state index in [1.54, 1.807) is 32.7 Å². The van der Waals surface area contributed by atoms with Crippen LogP contribution in [0.3, 0.4) is 0 Å². The summed E-state index contributed by atoms with van der Waals surface area (Å²) < 4.78 is 19.5. The molecule has 7 nitrogen and oxygen atoms in total. The molecule has 4 rings (SSSR count). The Labute approximate surface area is 179 Å². The highest BCUT2D eigenvalue weighted by Gasteiger charge is 2.20.